The summed E-state index contributed by atoms with van der Waals surface area (Å²) in [5, 5.41) is 18.9. The number of carbonyl (C=O) groups excluding carboxylic acids is 1. The fourth-order valence-corrected chi connectivity index (χ4v) is 1.36. The Labute approximate surface area is 96.5 Å². The normalized spacial score (nSPS) is 14.2. The molecule has 0 aliphatic rings. The van der Waals surface area contributed by atoms with Gasteiger partial charge in [0, 0.05) is 0 Å². The van der Waals surface area contributed by atoms with Crippen molar-refractivity contribution in [1.29, 1.82) is 0 Å². The van der Waals surface area contributed by atoms with Gasteiger partial charge in [-0.1, -0.05) is 6.07 Å². The van der Waals surface area contributed by atoms with Crippen molar-refractivity contribution in [1.82, 2.24) is 0 Å². The largest absolute Gasteiger partial charge is 0.467 e. The summed E-state index contributed by atoms with van der Waals surface area (Å²) in [7, 11) is 0.987. The van der Waals surface area contributed by atoms with E-state index < -0.39 is 35.4 Å². The Kier molecular flexibility index (Phi) is 4.14. The van der Waals surface area contributed by atoms with Crippen LogP contribution < -0.4 is 0 Å². The fraction of sp³-hybridized carbons (Fsp3) is 0.364. The standard InChI is InChI=1S/C11H12F2O4/c1-5-3-4-6(12)7(8(5)13)9(14)10(15)11(16)17-2/h3-4,9-10,14-15H,1-2H3. The SMILES string of the molecule is COC(=O)C(O)C(O)c1c(F)ccc(C)c1F. The molecule has 1 aromatic carbocycles. The Morgan fingerprint density at radius 3 is 2.47 bits per heavy atom. The van der Waals surface area contributed by atoms with Crippen LogP contribution >= 0.6 is 0 Å². The summed E-state index contributed by atoms with van der Waals surface area (Å²) in [4.78, 5) is 11.0. The van der Waals surface area contributed by atoms with Gasteiger partial charge in [0.2, 0.25) is 0 Å². The van der Waals surface area contributed by atoms with E-state index in [9.17, 15) is 23.8 Å². The number of aliphatic hydroxyl groups is 2. The fourth-order valence-electron chi connectivity index (χ4n) is 1.36. The van der Waals surface area contributed by atoms with Gasteiger partial charge >= 0.3 is 5.97 Å². The highest BCUT2D eigenvalue weighted by atomic mass is 19.1. The molecule has 0 bridgehead atoms. The number of halogens is 2. The van der Waals surface area contributed by atoms with E-state index in [-0.39, 0.29) is 5.56 Å². The number of esters is 1. The molecule has 1 rings (SSSR count). The molecule has 1 aromatic rings. The van der Waals surface area contributed by atoms with Crippen LogP contribution in [0.5, 0.6) is 0 Å². The van der Waals surface area contributed by atoms with Gasteiger partial charge < -0.3 is 14.9 Å². The average Bonchev–Trinajstić information content (AvgIpc) is 2.32. The second-order valence-corrected chi connectivity index (χ2v) is 3.50. The third-order valence-corrected chi connectivity index (χ3v) is 2.36. The molecule has 4 nitrogen and oxygen atoms in total. The van der Waals surface area contributed by atoms with Crippen molar-refractivity contribution in [3.63, 3.8) is 0 Å². The van der Waals surface area contributed by atoms with Gasteiger partial charge in [-0.3, -0.25) is 0 Å². The zero-order valence-corrected chi connectivity index (χ0v) is 9.28. The van der Waals surface area contributed by atoms with Crippen molar-refractivity contribution >= 4 is 5.97 Å². The van der Waals surface area contributed by atoms with Gasteiger partial charge in [-0.2, -0.15) is 0 Å². The summed E-state index contributed by atoms with van der Waals surface area (Å²) >= 11 is 0. The van der Waals surface area contributed by atoms with Gasteiger partial charge in [0.15, 0.2) is 6.10 Å². The average molecular weight is 246 g/mol. The number of hydrogen-bond acceptors (Lipinski definition) is 4. The lowest BCUT2D eigenvalue weighted by Crippen LogP contribution is -2.30. The number of rotatable bonds is 3. The molecule has 17 heavy (non-hydrogen) atoms. The highest BCUT2D eigenvalue weighted by Gasteiger charge is 2.31. The summed E-state index contributed by atoms with van der Waals surface area (Å²) in [6.45, 7) is 1.37. The minimum absolute atomic E-state index is 0.0949. The zero-order chi connectivity index (χ0) is 13.2. The summed E-state index contributed by atoms with van der Waals surface area (Å²) in [6.07, 6.45) is -4.05. The van der Waals surface area contributed by atoms with Crippen molar-refractivity contribution in [3.05, 3.63) is 34.9 Å². The molecule has 0 spiro atoms. The molecule has 0 saturated carbocycles. The third kappa shape index (κ3) is 2.59. The van der Waals surface area contributed by atoms with Crippen LogP contribution in [0.4, 0.5) is 8.78 Å². The van der Waals surface area contributed by atoms with Crippen molar-refractivity contribution in [3.8, 4) is 0 Å². The lowest BCUT2D eigenvalue weighted by Gasteiger charge is -2.17. The molecular weight excluding hydrogens is 234 g/mol. The van der Waals surface area contributed by atoms with Crippen molar-refractivity contribution in [2.45, 2.75) is 19.1 Å². The predicted octanol–water partition coefficient (Wildman–Crippen LogP) is 0.841. The van der Waals surface area contributed by atoms with Gasteiger partial charge in [-0.15, -0.1) is 0 Å². The summed E-state index contributed by atoms with van der Waals surface area (Å²) in [5.41, 5.74) is -0.652. The van der Waals surface area contributed by atoms with E-state index in [1.807, 2.05) is 0 Å². The molecule has 0 aromatic heterocycles. The minimum atomic E-state index is -2.04. The minimum Gasteiger partial charge on any atom is -0.467 e. The molecule has 0 heterocycles. The maximum Gasteiger partial charge on any atom is 0.337 e. The molecule has 2 unspecified atom stereocenters. The van der Waals surface area contributed by atoms with Crippen LogP contribution in [-0.4, -0.2) is 29.4 Å². The Bertz CT molecular complexity index is 434. The maximum absolute atomic E-state index is 13.6. The van der Waals surface area contributed by atoms with Gasteiger partial charge in [0.1, 0.15) is 17.7 Å². The van der Waals surface area contributed by atoms with Crippen molar-refractivity contribution in [2.75, 3.05) is 7.11 Å². The van der Waals surface area contributed by atoms with Gasteiger partial charge in [-0.25, -0.2) is 13.6 Å². The van der Waals surface area contributed by atoms with Crippen LogP contribution in [0.2, 0.25) is 0 Å². The first-order valence-corrected chi connectivity index (χ1v) is 4.78. The molecule has 0 aliphatic heterocycles. The first-order valence-electron chi connectivity index (χ1n) is 4.78. The molecule has 0 amide bonds. The maximum atomic E-state index is 13.6. The number of methoxy groups -OCH3 is 1. The van der Waals surface area contributed by atoms with E-state index in [0.717, 1.165) is 13.2 Å². The Hall–Kier alpha value is -1.53. The summed E-state index contributed by atoms with van der Waals surface area (Å²) < 4.78 is 31.1. The lowest BCUT2D eigenvalue weighted by molar-refractivity contribution is -0.157. The lowest BCUT2D eigenvalue weighted by atomic mass is 10.0. The van der Waals surface area contributed by atoms with E-state index in [2.05, 4.69) is 4.74 Å². The zero-order valence-electron chi connectivity index (χ0n) is 9.28. The van der Waals surface area contributed by atoms with Crippen molar-refractivity contribution in [2.24, 2.45) is 0 Å². The molecule has 0 aliphatic carbocycles. The number of ether oxygens (including phenoxy) is 1. The molecule has 0 radical (unpaired) electrons. The highest BCUT2D eigenvalue weighted by Crippen LogP contribution is 2.25. The number of aryl methyl sites for hydroxylation is 1. The summed E-state index contributed by atoms with van der Waals surface area (Å²) in [6, 6.07) is 2.13. The van der Waals surface area contributed by atoms with Crippen LogP contribution in [0.25, 0.3) is 0 Å². The first-order chi connectivity index (χ1) is 7.90. The van der Waals surface area contributed by atoms with Crippen LogP contribution in [0.1, 0.15) is 17.2 Å². The molecule has 2 atom stereocenters. The summed E-state index contributed by atoms with van der Waals surface area (Å²) in [5.74, 6) is -3.21. The number of benzene rings is 1. The van der Waals surface area contributed by atoms with Gasteiger partial charge in [-0.05, 0) is 18.6 Å². The van der Waals surface area contributed by atoms with Gasteiger partial charge in [0.25, 0.3) is 0 Å². The van der Waals surface area contributed by atoms with Crippen LogP contribution in [0.3, 0.4) is 0 Å². The molecule has 0 fully saturated rings. The van der Waals surface area contributed by atoms with E-state index in [0.29, 0.717) is 0 Å². The van der Waals surface area contributed by atoms with Crippen LogP contribution in [0.15, 0.2) is 12.1 Å². The van der Waals surface area contributed by atoms with E-state index >= 15 is 0 Å². The van der Waals surface area contributed by atoms with E-state index in [1.165, 1.54) is 13.0 Å². The Balaban J connectivity index is 3.16. The second-order valence-electron chi connectivity index (χ2n) is 3.50. The third-order valence-electron chi connectivity index (χ3n) is 2.36. The quantitative estimate of drug-likeness (QED) is 0.775. The Morgan fingerprint density at radius 2 is 1.94 bits per heavy atom. The molecule has 94 valence electrons. The first kappa shape index (κ1) is 13.5. The van der Waals surface area contributed by atoms with Gasteiger partial charge in [0.05, 0.1) is 12.7 Å². The van der Waals surface area contributed by atoms with E-state index in [1.54, 1.807) is 0 Å². The number of aliphatic hydroxyl groups excluding tert-OH is 2. The number of carbonyl (C=O) groups is 1. The molecule has 6 heteroatoms. The Morgan fingerprint density at radius 1 is 1.35 bits per heavy atom. The molecule has 2 N–H and O–H groups in total. The monoisotopic (exact) mass is 246 g/mol. The van der Waals surface area contributed by atoms with Crippen LogP contribution in [0, 0.1) is 18.6 Å². The van der Waals surface area contributed by atoms with Crippen LogP contribution in [-0.2, 0) is 9.53 Å². The predicted molar refractivity (Wildman–Crippen MR) is 54.1 cm³/mol. The molecular formula is C11H12F2O4. The second kappa shape index (κ2) is 5.20. The smallest absolute Gasteiger partial charge is 0.337 e. The van der Waals surface area contributed by atoms with Crippen molar-refractivity contribution < 1.29 is 28.5 Å². The molecule has 0 saturated heterocycles. The van der Waals surface area contributed by atoms with E-state index in [4.69, 9.17) is 0 Å². The number of hydrogen-bond donors (Lipinski definition) is 2. The topological polar surface area (TPSA) is 66.8 Å². The highest BCUT2D eigenvalue weighted by molar-refractivity contribution is 5.75.